The minimum Gasteiger partial charge on any atom is -0.310 e. The van der Waals surface area contributed by atoms with Gasteiger partial charge in [-0.05, 0) is 110 Å². The summed E-state index contributed by atoms with van der Waals surface area (Å²) in [5.41, 5.74) is 17.2. The van der Waals surface area contributed by atoms with Gasteiger partial charge in [0, 0.05) is 22.4 Å². The highest BCUT2D eigenvalue weighted by Gasteiger charge is 2.38. The summed E-state index contributed by atoms with van der Waals surface area (Å²) >= 11 is 0. The van der Waals surface area contributed by atoms with E-state index in [1.54, 1.807) is 0 Å². The van der Waals surface area contributed by atoms with E-state index < -0.39 is 0 Å². The lowest BCUT2D eigenvalue weighted by Crippen LogP contribution is -2.33. The number of para-hydroxylation sites is 2. The molecule has 0 heterocycles. The standard InChI is InChI=1S/C47H45N/c1-45(2)27-28-46(3,4)43-29-34(25-26-41(43)45)32-21-23-33(24-22-32)38-30-39-37-19-13-14-20-40(37)47(5,6)42(39)31-44(38)48(35-15-9-7-10-16-35)36-17-11-8-12-18-36/h7-26,29-31H,27-28H2,1-6H3. The van der Waals surface area contributed by atoms with Gasteiger partial charge in [-0.1, -0.05) is 145 Å². The van der Waals surface area contributed by atoms with Crippen LogP contribution in [-0.4, -0.2) is 0 Å². The van der Waals surface area contributed by atoms with Gasteiger partial charge in [0.25, 0.3) is 0 Å². The molecule has 0 radical (unpaired) electrons. The first-order valence-corrected chi connectivity index (χ1v) is 17.5. The second-order valence-electron chi connectivity index (χ2n) is 15.7. The van der Waals surface area contributed by atoms with E-state index in [2.05, 4.69) is 186 Å². The molecule has 0 saturated heterocycles. The summed E-state index contributed by atoms with van der Waals surface area (Å²) in [6.07, 6.45) is 2.45. The summed E-state index contributed by atoms with van der Waals surface area (Å²) in [5, 5.41) is 0. The maximum Gasteiger partial charge on any atom is 0.0543 e. The van der Waals surface area contributed by atoms with E-state index in [0.29, 0.717) is 0 Å². The minimum absolute atomic E-state index is 0.100. The van der Waals surface area contributed by atoms with E-state index in [4.69, 9.17) is 0 Å². The van der Waals surface area contributed by atoms with Crippen LogP contribution in [0.15, 0.2) is 140 Å². The maximum atomic E-state index is 2.47. The van der Waals surface area contributed by atoms with Crippen LogP contribution in [0.3, 0.4) is 0 Å². The molecule has 0 N–H and O–H groups in total. The van der Waals surface area contributed by atoms with Crippen molar-refractivity contribution in [3.63, 3.8) is 0 Å². The van der Waals surface area contributed by atoms with Gasteiger partial charge in [0.05, 0.1) is 5.69 Å². The Kier molecular flexibility index (Phi) is 7.04. The number of hydrogen-bond acceptors (Lipinski definition) is 1. The third-order valence-corrected chi connectivity index (χ3v) is 11.4. The van der Waals surface area contributed by atoms with Crippen molar-refractivity contribution >= 4 is 17.1 Å². The van der Waals surface area contributed by atoms with Crippen LogP contribution in [0.25, 0.3) is 33.4 Å². The fourth-order valence-electron chi connectivity index (χ4n) is 8.34. The minimum atomic E-state index is -0.100. The molecule has 6 aromatic carbocycles. The van der Waals surface area contributed by atoms with Gasteiger partial charge in [0.1, 0.15) is 0 Å². The van der Waals surface area contributed by atoms with Gasteiger partial charge in [-0.15, -0.1) is 0 Å². The third-order valence-electron chi connectivity index (χ3n) is 11.4. The molecule has 0 spiro atoms. The van der Waals surface area contributed by atoms with E-state index >= 15 is 0 Å². The zero-order valence-electron chi connectivity index (χ0n) is 29.1. The van der Waals surface area contributed by atoms with Crippen LogP contribution >= 0.6 is 0 Å². The van der Waals surface area contributed by atoms with Crippen molar-refractivity contribution < 1.29 is 0 Å². The normalized spacial score (nSPS) is 16.5. The predicted molar refractivity (Wildman–Crippen MR) is 205 cm³/mol. The Bertz CT molecular complexity index is 2090. The van der Waals surface area contributed by atoms with Crippen LogP contribution < -0.4 is 4.90 Å². The fourth-order valence-corrected chi connectivity index (χ4v) is 8.34. The molecule has 0 atom stereocenters. The number of anilines is 3. The first-order valence-electron chi connectivity index (χ1n) is 17.5. The van der Waals surface area contributed by atoms with Gasteiger partial charge in [-0.3, -0.25) is 0 Å². The Hall–Kier alpha value is -4.88. The summed E-state index contributed by atoms with van der Waals surface area (Å²) in [5.74, 6) is 0. The molecule has 6 aromatic rings. The smallest absolute Gasteiger partial charge is 0.0543 e. The number of rotatable bonds is 5. The molecule has 0 aromatic heterocycles. The first-order chi connectivity index (χ1) is 23.0. The van der Waals surface area contributed by atoms with Gasteiger partial charge in [-0.25, -0.2) is 0 Å². The summed E-state index contributed by atoms with van der Waals surface area (Å²) in [6.45, 7) is 14.4. The molecule has 2 aliphatic carbocycles. The molecule has 0 fully saturated rings. The van der Waals surface area contributed by atoms with Gasteiger partial charge in [0.15, 0.2) is 0 Å². The van der Waals surface area contributed by atoms with Gasteiger partial charge < -0.3 is 4.90 Å². The molecule has 2 aliphatic rings. The molecule has 0 aliphatic heterocycles. The zero-order chi connectivity index (χ0) is 33.3. The topological polar surface area (TPSA) is 3.24 Å². The summed E-state index contributed by atoms with van der Waals surface area (Å²) < 4.78 is 0. The lowest BCUT2D eigenvalue weighted by Gasteiger charge is -2.42. The van der Waals surface area contributed by atoms with E-state index in [-0.39, 0.29) is 16.2 Å². The molecular formula is C47H45N. The largest absolute Gasteiger partial charge is 0.310 e. The van der Waals surface area contributed by atoms with Crippen molar-refractivity contribution in [3.8, 4) is 33.4 Å². The van der Waals surface area contributed by atoms with E-state index in [1.165, 1.54) is 74.2 Å². The highest BCUT2D eigenvalue weighted by atomic mass is 15.1. The molecule has 48 heavy (non-hydrogen) atoms. The predicted octanol–water partition coefficient (Wildman–Crippen LogP) is 13.1. The molecule has 238 valence electrons. The number of nitrogens with zero attached hydrogens (tertiary/aromatic N) is 1. The Morgan fingerprint density at radius 3 is 1.58 bits per heavy atom. The highest BCUT2D eigenvalue weighted by Crippen LogP contribution is 2.53. The number of fused-ring (bicyclic) bond motifs is 4. The van der Waals surface area contributed by atoms with E-state index in [0.717, 1.165) is 11.4 Å². The molecule has 1 heteroatoms. The monoisotopic (exact) mass is 623 g/mol. The summed E-state index contributed by atoms with van der Waals surface area (Å²) in [7, 11) is 0. The molecular weight excluding hydrogens is 579 g/mol. The second kappa shape index (κ2) is 11.1. The van der Waals surface area contributed by atoms with Crippen molar-refractivity contribution in [3.05, 3.63) is 162 Å². The molecule has 0 amide bonds. The van der Waals surface area contributed by atoms with Gasteiger partial charge in [0.2, 0.25) is 0 Å². The maximum absolute atomic E-state index is 2.47. The molecule has 0 bridgehead atoms. The fraction of sp³-hybridized carbons (Fsp3) is 0.234. The Morgan fingerprint density at radius 1 is 0.396 bits per heavy atom. The Morgan fingerprint density at radius 2 is 0.938 bits per heavy atom. The van der Waals surface area contributed by atoms with Crippen LogP contribution in [0.1, 0.15) is 76.6 Å². The van der Waals surface area contributed by atoms with Crippen molar-refractivity contribution in [2.24, 2.45) is 0 Å². The van der Waals surface area contributed by atoms with Crippen molar-refractivity contribution in [2.75, 3.05) is 4.90 Å². The van der Waals surface area contributed by atoms with E-state index in [1.807, 2.05) is 0 Å². The third kappa shape index (κ3) is 4.91. The van der Waals surface area contributed by atoms with E-state index in [9.17, 15) is 0 Å². The molecule has 0 unspecified atom stereocenters. The van der Waals surface area contributed by atoms with Gasteiger partial charge in [-0.2, -0.15) is 0 Å². The lowest BCUT2D eigenvalue weighted by atomic mass is 9.63. The Labute approximate surface area is 286 Å². The summed E-state index contributed by atoms with van der Waals surface area (Å²) in [6, 6.07) is 51.9. The van der Waals surface area contributed by atoms with Crippen molar-refractivity contribution in [1.82, 2.24) is 0 Å². The summed E-state index contributed by atoms with van der Waals surface area (Å²) in [4.78, 5) is 2.43. The first kappa shape index (κ1) is 30.5. The van der Waals surface area contributed by atoms with Crippen LogP contribution in [-0.2, 0) is 16.2 Å². The van der Waals surface area contributed by atoms with Crippen LogP contribution in [0, 0.1) is 0 Å². The molecule has 1 nitrogen and oxygen atoms in total. The van der Waals surface area contributed by atoms with Crippen molar-refractivity contribution in [1.29, 1.82) is 0 Å². The lowest BCUT2D eigenvalue weighted by molar-refractivity contribution is 0.332. The van der Waals surface area contributed by atoms with Crippen LogP contribution in [0.5, 0.6) is 0 Å². The van der Waals surface area contributed by atoms with Gasteiger partial charge >= 0.3 is 0 Å². The molecule has 8 rings (SSSR count). The second-order valence-corrected chi connectivity index (χ2v) is 15.7. The Balaban J connectivity index is 1.31. The SMILES string of the molecule is CC1(C)CCC(C)(C)c2cc(-c3ccc(-c4cc5c(cc4N(c4ccccc4)c4ccccc4)C(C)(C)c4ccccc4-5)cc3)ccc21. The van der Waals surface area contributed by atoms with Crippen LogP contribution in [0.2, 0.25) is 0 Å². The average Bonchev–Trinajstić information content (AvgIpc) is 3.33. The zero-order valence-corrected chi connectivity index (χ0v) is 29.1. The average molecular weight is 624 g/mol. The number of benzene rings is 6. The van der Waals surface area contributed by atoms with Crippen LogP contribution in [0.4, 0.5) is 17.1 Å². The highest BCUT2D eigenvalue weighted by molar-refractivity contribution is 5.95. The molecule has 0 saturated carbocycles. The van der Waals surface area contributed by atoms with Crippen molar-refractivity contribution in [2.45, 2.75) is 70.6 Å². The quantitative estimate of drug-likeness (QED) is 0.185. The number of hydrogen-bond donors (Lipinski definition) is 0.